The third-order valence-corrected chi connectivity index (χ3v) is 1.25. The van der Waals surface area contributed by atoms with E-state index in [4.69, 9.17) is 4.74 Å². The lowest BCUT2D eigenvalue weighted by atomic mass is 10.2. The Hall–Kier alpha value is -0.730. The van der Waals surface area contributed by atoms with Crippen molar-refractivity contribution in [2.75, 3.05) is 19.7 Å². The summed E-state index contributed by atoms with van der Waals surface area (Å²) in [5, 5.41) is 3.11. The van der Waals surface area contributed by atoms with Crippen molar-refractivity contribution in [3.05, 3.63) is 0 Å². The maximum Gasteiger partial charge on any atom is 0.284 e. The van der Waals surface area contributed by atoms with Gasteiger partial charge in [0.25, 0.3) is 6.02 Å². The first-order valence-corrected chi connectivity index (χ1v) is 3.70. The van der Waals surface area contributed by atoms with Crippen LogP contribution in [0, 0.1) is 5.92 Å². The molecule has 1 aliphatic heterocycles. The van der Waals surface area contributed by atoms with Gasteiger partial charge in [-0.3, -0.25) is 0 Å². The third-order valence-electron chi connectivity index (χ3n) is 1.25. The molecule has 0 bridgehead atoms. The molecule has 3 heteroatoms. The summed E-state index contributed by atoms with van der Waals surface area (Å²) in [6.07, 6.45) is 0. The van der Waals surface area contributed by atoms with Crippen LogP contribution in [0.25, 0.3) is 0 Å². The summed E-state index contributed by atoms with van der Waals surface area (Å²) in [6.45, 7) is 6.80. The first-order valence-electron chi connectivity index (χ1n) is 3.70. The summed E-state index contributed by atoms with van der Waals surface area (Å²) in [4.78, 5) is 4.09. The van der Waals surface area contributed by atoms with Gasteiger partial charge >= 0.3 is 0 Å². The average Bonchev–Trinajstić information content (AvgIpc) is 2.34. The van der Waals surface area contributed by atoms with Crippen molar-refractivity contribution in [2.24, 2.45) is 10.9 Å². The molecule has 0 spiro atoms. The predicted molar refractivity (Wildman–Crippen MR) is 41.1 cm³/mol. The van der Waals surface area contributed by atoms with Crippen LogP contribution in [-0.4, -0.2) is 25.7 Å². The van der Waals surface area contributed by atoms with Gasteiger partial charge in [-0.1, -0.05) is 13.8 Å². The molecule has 58 valence electrons. The SMILES string of the molecule is CC(C)CNC1=NCCO1. The van der Waals surface area contributed by atoms with Gasteiger partial charge in [-0.25, -0.2) is 4.99 Å². The van der Waals surface area contributed by atoms with E-state index >= 15 is 0 Å². The maximum atomic E-state index is 5.14. The number of hydrogen-bond acceptors (Lipinski definition) is 3. The quantitative estimate of drug-likeness (QED) is 0.613. The van der Waals surface area contributed by atoms with Crippen LogP contribution in [0.4, 0.5) is 0 Å². The Balaban J connectivity index is 2.13. The number of amidine groups is 1. The third kappa shape index (κ3) is 2.25. The first-order chi connectivity index (χ1) is 4.79. The van der Waals surface area contributed by atoms with E-state index in [1.54, 1.807) is 0 Å². The van der Waals surface area contributed by atoms with E-state index in [2.05, 4.69) is 24.2 Å². The van der Waals surface area contributed by atoms with Gasteiger partial charge in [-0.05, 0) is 5.92 Å². The van der Waals surface area contributed by atoms with Crippen LogP contribution in [0.5, 0.6) is 0 Å². The van der Waals surface area contributed by atoms with Crippen LogP contribution >= 0.6 is 0 Å². The Morgan fingerprint density at radius 1 is 1.70 bits per heavy atom. The van der Waals surface area contributed by atoms with Crippen molar-refractivity contribution < 1.29 is 4.74 Å². The normalized spacial score (nSPS) is 16.9. The zero-order valence-corrected chi connectivity index (χ0v) is 6.55. The molecule has 1 rings (SSSR count). The minimum absolute atomic E-state index is 0.645. The topological polar surface area (TPSA) is 33.6 Å². The molecule has 0 aliphatic carbocycles. The monoisotopic (exact) mass is 142 g/mol. The molecule has 1 aliphatic rings. The highest BCUT2D eigenvalue weighted by Crippen LogP contribution is 1.92. The van der Waals surface area contributed by atoms with Crippen molar-refractivity contribution >= 4 is 6.02 Å². The lowest BCUT2D eigenvalue weighted by molar-refractivity contribution is 0.329. The minimum atomic E-state index is 0.645. The fourth-order valence-electron chi connectivity index (χ4n) is 0.734. The Kier molecular flexibility index (Phi) is 2.54. The average molecular weight is 142 g/mol. The number of rotatable bonds is 2. The lowest BCUT2D eigenvalue weighted by Crippen LogP contribution is -2.27. The second-order valence-electron chi connectivity index (χ2n) is 2.81. The van der Waals surface area contributed by atoms with Gasteiger partial charge in [0, 0.05) is 6.54 Å². The summed E-state index contributed by atoms with van der Waals surface area (Å²) in [5.41, 5.74) is 0. The standard InChI is InChI=1S/C7H14N2O/c1-6(2)5-9-7-8-3-4-10-7/h6H,3-5H2,1-2H3,(H,8,9). The minimum Gasteiger partial charge on any atom is -0.463 e. The number of aliphatic imine (C=N–C) groups is 1. The van der Waals surface area contributed by atoms with Gasteiger partial charge in [-0.2, -0.15) is 0 Å². The molecule has 0 amide bonds. The Bertz CT molecular complexity index is 132. The van der Waals surface area contributed by atoms with Crippen LogP contribution in [0.2, 0.25) is 0 Å². The Morgan fingerprint density at radius 3 is 3.00 bits per heavy atom. The van der Waals surface area contributed by atoms with Crippen molar-refractivity contribution in [2.45, 2.75) is 13.8 Å². The van der Waals surface area contributed by atoms with E-state index in [1.165, 1.54) is 0 Å². The Labute approximate surface area is 61.5 Å². The highest BCUT2D eigenvalue weighted by molar-refractivity contribution is 5.74. The molecule has 0 fully saturated rings. The highest BCUT2D eigenvalue weighted by atomic mass is 16.5. The molecule has 0 aromatic carbocycles. The second kappa shape index (κ2) is 3.44. The number of hydrogen-bond donors (Lipinski definition) is 1. The van der Waals surface area contributed by atoms with Crippen molar-refractivity contribution in [1.82, 2.24) is 5.32 Å². The summed E-state index contributed by atoms with van der Waals surface area (Å²) < 4.78 is 5.14. The van der Waals surface area contributed by atoms with Crippen LogP contribution in [0.3, 0.4) is 0 Å². The van der Waals surface area contributed by atoms with Crippen LogP contribution in [0.15, 0.2) is 4.99 Å². The largest absolute Gasteiger partial charge is 0.463 e. The number of nitrogens with one attached hydrogen (secondary N) is 1. The van der Waals surface area contributed by atoms with Gasteiger partial charge in [0.1, 0.15) is 6.61 Å². The molecule has 1 N–H and O–H groups in total. The first kappa shape index (κ1) is 7.38. The molecular weight excluding hydrogens is 128 g/mol. The molecule has 0 atom stereocenters. The smallest absolute Gasteiger partial charge is 0.284 e. The number of nitrogens with zero attached hydrogens (tertiary/aromatic N) is 1. The van der Waals surface area contributed by atoms with Crippen LogP contribution < -0.4 is 5.32 Å². The van der Waals surface area contributed by atoms with Gasteiger partial charge < -0.3 is 10.1 Å². The summed E-state index contributed by atoms with van der Waals surface area (Å²) >= 11 is 0. The molecule has 0 aromatic rings. The second-order valence-corrected chi connectivity index (χ2v) is 2.81. The van der Waals surface area contributed by atoms with Gasteiger partial charge in [-0.15, -0.1) is 0 Å². The molecule has 10 heavy (non-hydrogen) atoms. The fraction of sp³-hybridized carbons (Fsp3) is 0.857. The fourth-order valence-corrected chi connectivity index (χ4v) is 0.734. The van der Waals surface area contributed by atoms with E-state index in [0.717, 1.165) is 19.7 Å². The zero-order valence-electron chi connectivity index (χ0n) is 6.55. The van der Waals surface area contributed by atoms with E-state index < -0.39 is 0 Å². The molecule has 0 unspecified atom stereocenters. The highest BCUT2D eigenvalue weighted by Gasteiger charge is 2.05. The molecule has 3 nitrogen and oxygen atoms in total. The van der Waals surface area contributed by atoms with Crippen molar-refractivity contribution in [3.63, 3.8) is 0 Å². The van der Waals surface area contributed by atoms with Gasteiger partial charge in [0.05, 0.1) is 6.54 Å². The van der Waals surface area contributed by atoms with E-state index in [9.17, 15) is 0 Å². The predicted octanol–water partition coefficient (Wildman–Crippen LogP) is 0.618. The molecule has 0 radical (unpaired) electrons. The van der Waals surface area contributed by atoms with Crippen LogP contribution in [0.1, 0.15) is 13.8 Å². The zero-order chi connectivity index (χ0) is 7.40. The summed E-state index contributed by atoms with van der Waals surface area (Å²) in [7, 11) is 0. The van der Waals surface area contributed by atoms with Crippen molar-refractivity contribution in [3.8, 4) is 0 Å². The summed E-state index contributed by atoms with van der Waals surface area (Å²) in [5.74, 6) is 0.645. The van der Waals surface area contributed by atoms with E-state index in [1.807, 2.05) is 0 Å². The van der Waals surface area contributed by atoms with Gasteiger partial charge in [0.15, 0.2) is 0 Å². The van der Waals surface area contributed by atoms with Gasteiger partial charge in [0.2, 0.25) is 0 Å². The number of ether oxygens (including phenoxy) is 1. The molecular formula is C7H14N2O. The maximum absolute atomic E-state index is 5.14. The van der Waals surface area contributed by atoms with Crippen molar-refractivity contribution in [1.29, 1.82) is 0 Å². The Morgan fingerprint density at radius 2 is 2.50 bits per heavy atom. The van der Waals surface area contributed by atoms with E-state index in [-0.39, 0.29) is 0 Å². The lowest BCUT2D eigenvalue weighted by Gasteiger charge is -2.06. The molecule has 0 saturated heterocycles. The summed E-state index contributed by atoms with van der Waals surface area (Å²) in [6, 6.07) is 0.716. The van der Waals surface area contributed by atoms with Crippen LogP contribution in [-0.2, 0) is 4.74 Å². The molecule has 1 heterocycles. The molecule has 0 saturated carbocycles. The molecule has 0 aromatic heterocycles. The van der Waals surface area contributed by atoms with E-state index in [0.29, 0.717) is 11.9 Å².